The third kappa shape index (κ3) is 5.24. The van der Waals surface area contributed by atoms with E-state index >= 15 is 0 Å². The Bertz CT molecular complexity index is 1440. The van der Waals surface area contributed by atoms with Crippen LogP contribution in [0.15, 0.2) is 35.4 Å². The summed E-state index contributed by atoms with van der Waals surface area (Å²) in [5.41, 5.74) is 2.88. The highest BCUT2D eigenvalue weighted by Gasteiger charge is 2.44. The first-order chi connectivity index (χ1) is 17.0. The van der Waals surface area contributed by atoms with Crippen molar-refractivity contribution >= 4 is 30.9 Å². The first-order valence-corrected chi connectivity index (χ1v) is 15.5. The molecule has 0 radical (unpaired) electrons. The number of aryl methyl sites for hydroxylation is 2. The van der Waals surface area contributed by atoms with Gasteiger partial charge in [-0.2, -0.15) is 0 Å². The van der Waals surface area contributed by atoms with Gasteiger partial charge in [0.05, 0.1) is 22.7 Å². The van der Waals surface area contributed by atoms with E-state index in [1.54, 1.807) is 31.6 Å². The number of hydrogen-bond donors (Lipinski definition) is 1. The zero-order valence-electron chi connectivity index (χ0n) is 23.2. The lowest BCUT2D eigenvalue weighted by Gasteiger charge is -2.42. The third-order valence-electron chi connectivity index (χ3n) is 7.74. The average Bonchev–Trinajstić information content (AvgIpc) is 3.52. The SMILES string of the molecule is Cc1cc(C(C)(C)O[Si](C)(C)C(C)(C)C)ncc1-c1cc2cnc(NC(=O)[C@@H]3C[C@@H]3F)cc2n(C)c1=O. The van der Waals surface area contributed by atoms with Gasteiger partial charge in [0, 0.05) is 42.0 Å². The Kier molecular flexibility index (Phi) is 6.69. The quantitative estimate of drug-likeness (QED) is 0.408. The van der Waals surface area contributed by atoms with Crippen LogP contribution in [0.5, 0.6) is 0 Å². The van der Waals surface area contributed by atoms with E-state index < -0.39 is 26.0 Å². The maximum atomic E-state index is 13.4. The molecule has 3 aromatic rings. The monoisotopic (exact) mass is 524 g/mol. The Morgan fingerprint density at radius 2 is 1.76 bits per heavy atom. The van der Waals surface area contributed by atoms with Gasteiger partial charge in [-0.05, 0) is 63.0 Å². The molecule has 0 bridgehead atoms. The number of halogens is 1. The molecule has 1 aliphatic rings. The molecule has 198 valence electrons. The van der Waals surface area contributed by atoms with Crippen LogP contribution in [0.3, 0.4) is 0 Å². The summed E-state index contributed by atoms with van der Waals surface area (Å²) in [5, 5.41) is 3.47. The summed E-state index contributed by atoms with van der Waals surface area (Å²) >= 11 is 0. The predicted molar refractivity (Wildman–Crippen MR) is 148 cm³/mol. The number of anilines is 1. The largest absolute Gasteiger partial charge is 0.406 e. The van der Waals surface area contributed by atoms with Crippen LogP contribution in [-0.2, 0) is 21.9 Å². The van der Waals surface area contributed by atoms with Gasteiger partial charge in [-0.1, -0.05) is 20.8 Å². The summed E-state index contributed by atoms with van der Waals surface area (Å²) in [6, 6.07) is 5.44. The lowest BCUT2D eigenvalue weighted by Crippen LogP contribution is -2.46. The Morgan fingerprint density at radius 1 is 1.11 bits per heavy atom. The van der Waals surface area contributed by atoms with E-state index in [2.05, 4.69) is 44.2 Å². The number of carbonyl (C=O) groups is 1. The average molecular weight is 525 g/mol. The fourth-order valence-electron chi connectivity index (χ4n) is 4.29. The summed E-state index contributed by atoms with van der Waals surface area (Å²) in [6.07, 6.45) is 2.52. The minimum absolute atomic E-state index is 0.0703. The molecular formula is C28H37FN4O3Si. The lowest BCUT2D eigenvalue weighted by atomic mass is 9.98. The van der Waals surface area contributed by atoms with E-state index in [0.29, 0.717) is 16.9 Å². The van der Waals surface area contributed by atoms with Crippen molar-refractivity contribution in [2.75, 3.05) is 5.32 Å². The van der Waals surface area contributed by atoms with Gasteiger partial charge in [0.1, 0.15) is 12.0 Å². The molecule has 7 nitrogen and oxygen atoms in total. The molecule has 0 aromatic carbocycles. The number of rotatable bonds is 6. The smallest absolute Gasteiger partial charge is 0.258 e. The van der Waals surface area contributed by atoms with Crippen molar-refractivity contribution in [3.05, 3.63) is 52.2 Å². The zero-order valence-corrected chi connectivity index (χ0v) is 24.2. The second-order valence-corrected chi connectivity index (χ2v) is 16.9. The molecular weight excluding hydrogens is 487 g/mol. The molecule has 0 spiro atoms. The van der Waals surface area contributed by atoms with Gasteiger partial charge in [0.15, 0.2) is 8.32 Å². The highest BCUT2D eigenvalue weighted by molar-refractivity contribution is 6.74. The fraction of sp³-hybridized carbons (Fsp3) is 0.500. The molecule has 9 heteroatoms. The van der Waals surface area contributed by atoms with Crippen LogP contribution in [-0.4, -0.2) is 34.9 Å². The van der Waals surface area contributed by atoms with Crippen LogP contribution in [0, 0.1) is 12.8 Å². The molecule has 0 saturated heterocycles. The maximum absolute atomic E-state index is 13.4. The van der Waals surface area contributed by atoms with E-state index in [4.69, 9.17) is 9.41 Å². The standard InChI is InChI=1S/C28H37FN4O3Si/c1-16-10-23(28(5,6)36-37(8,9)27(2,3)4)30-15-20(16)18-11-17-14-31-24(13-22(17)33(7)26(18)35)32-25(34)19-12-21(19)29/h10-11,13-15,19,21H,12H2,1-9H3,(H,31,32,34)/t19-,21+/m1/s1. The van der Waals surface area contributed by atoms with Crippen LogP contribution in [0.4, 0.5) is 10.2 Å². The number of nitrogens with one attached hydrogen (secondary N) is 1. The van der Waals surface area contributed by atoms with Crippen molar-refractivity contribution < 1.29 is 13.6 Å². The van der Waals surface area contributed by atoms with Crippen molar-refractivity contribution in [1.82, 2.24) is 14.5 Å². The Balaban J connectivity index is 1.67. The summed E-state index contributed by atoms with van der Waals surface area (Å²) < 4.78 is 21.4. The second-order valence-electron chi connectivity index (χ2n) is 12.2. The first kappa shape index (κ1) is 27.1. The van der Waals surface area contributed by atoms with Gasteiger partial charge in [-0.3, -0.25) is 14.6 Å². The molecule has 1 N–H and O–H groups in total. The lowest BCUT2D eigenvalue weighted by molar-refractivity contribution is -0.117. The minimum Gasteiger partial charge on any atom is -0.406 e. The topological polar surface area (TPSA) is 86.1 Å². The van der Waals surface area contributed by atoms with Crippen LogP contribution >= 0.6 is 0 Å². The van der Waals surface area contributed by atoms with Gasteiger partial charge >= 0.3 is 0 Å². The van der Waals surface area contributed by atoms with Crippen molar-refractivity contribution in [2.45, 2.75) is 77.9 Å². The Labute approximate surface area is 218 Å². The van der Waals surface area contributed by atoms with Crippen molar-refractivity contribution in [3.63, 3.8) is 0 Å². The number of alkyl halides is 1. The van der Waals surface area contributed by atoms with Crippen LogP contribution < -0.4 is 10.9 Å². The van der Waals surface area contributed by atoms with Gasteiger partial charge in [-0.15, -0.1) is 0 Å². The molecule has 1 aliphatic carbocycles. The molecule has 4 rings (SSSR count). The Hall–Kier alpha value is -2.91. The van der Waals surface area contributed by atoms with Crippen molar-refractivity contribution in [1.29, 1.82) is 0 Å². The van der Waals surface area contributed by atoms with E-state index in [0.717, 1.165) is 22.2 Å². The van der Waals surface area contributed by atoms with Gasteiger partial charge in [0.2, 0.25) is 5.91 Å². The summed E-state index contributed by atoms with van der Waals surface area (Å²) in [4.78, 5) is 34.5. The van der Waals surface area contributed by atoms with E-state index in [1.165, 1.54) is 4.57 Å². The van der Waals surface area contributed by atoms with Crippen molar-refractivity contribution in [3.8, 4) is 11.1 Å². The van der Waals surface area contributed by atoms with E-state index in [1.807, 2.05) is 26.8 Å². The molecule has 0 unspecified atom stereocenters. The normalized spacial score (nSPS) is 18.2. The fourth-order valence-corrected chi connectivity index (χ4v) is 5.98. The van der Waals surface area contributed by atoms with Crippen LogP contribution in [0.1, 0.15) is 52.3 Å². The third-order valence-corrected chi connectivity index (χ3v) is 12.4. The predicted octanol–water partition coefficient (Wildman–Crippen LogP) is 5.86. The number of amides is 1. The molecule has 3 heterocycles. The first-order valence-electron chi connectivity index (χ1n) is 12.6. The van der Waals surface area contributed by atoms with Gasteiger partial charge in [-0.25, -0.2) is 9.37 Å². The Morgan fingerprint density at radius 3 is 2.32 bits per heavy atom. The van der Waals surface area contributed by atoms with E-state index in [-0.39, 0.29) is 22.9 Å². The van der Waals surface area contributed by atoms with Crippen LogP contribution in [0.2, 0.25) is 18.1 Å². The number of carbonyl (C=O) groups excluding carboxylic acids is 1. The molecule has 1 saturated carbocycles. The zero-order chi connectivity index (χ0) is 27.5. The summed E-state index contributed by atoms with van der Waals surface area (Å²) in [7, 11) is -0.345. The molecule has 0 aliphatic heterocycles. The minimum atomic E-state index is -2.03. The van der Waals surface area contributed by atoms with Crippen molar-refractivity contribution in [2.24, 2.45) is 13.0 Å². The van der Waals surface area contributed by atoms with Gasteiger partial charge in [0.25, 0.3) is 5.56 Å². The molecule has 2 atom stereocenters. The van der Waals surface area contributed by atoms with E-state index in [9.17, 15) is 14.0 Å². The second kappa shape index (κ2) is 9.13. The number of nitrogens with zero attached hydrogens (tertiary/aromatic N) is 3. The molecule has 3 aromatic heterocycles. The summed E-state index contributed by atoms with van der Waals surface area (Å²) in [6.45, 7) is 17.2. The number of fused-ring (bicyclic) bond motifs is 1. The number of pyridine rings is 3. The molecule has 37 heavy (non-hydrogen) atoms. The highest BCUT2D eigenvalue weighted by Crippen LogP contribution is 2.41. The summed E-state index contributed by atoms with van der Waals surface area (Å²) in [5.74, 6) is -0.701. The number of hydrogen-bond acceptors (Lipinski definition) is 5. The van der Waals surface area contributed by atoms with Gasteiger partial charge < -0.3 is 14.3 Å². The van der Waals surface area contributed by atoms with Crippen LogP contribution in [0.25, 0.3) is 22.0 Å². The highest BCUT2D eigenvalue weighted by atomic mass is 28.4. The molecule has 1 fully saturated rings. The maximum Gasteiger partial charge on any atom is 0.258 e. The molecule has 1 amide bonds. The number of aromatic nitrogens is 3.